The fraction of sp³-hybridized carbons (Fsp3) is 0.100. The van der Waals surface area contributed by atoms with E-state index in [1.165, 1.54) is 7.11 Å². The van der Waals surface area contributed by atoms with E-state index < -0.39 is 5.97 Å². The molecule has 0 aliphatic carbocycles. The van der Waals surface area contributed by atoms with Gasteiger partial charge in [-0.1, -0.05) is 0 Å². The van der Waals surface area contributed by atoms with E-state index in [2.05, 4.69) is 9.40 Å². The van der Waals surface area contributed by atoms with Gasteiger partial charge in [-0.2, -0.15) is 0 Å². The van der Waals surface area contributed by atoms with Crippen molar-refractivity contribution in [3.05, 3.63) is 29.7 Å². The maximum atomic E-state index is 11.1. The number of hydrogen-bond acceptors (Lipinski definition) is 3. The lowest BCUT2D eigenvalue weighted by atomic mass is 10.2. The number of methoxy groups -OCH3 is 1. The van der Waals surface area contributed by atoms with Crippen molar-refractivity contribution < 1.29 is 13.9 Å². The molecule has 4 heteroatoms. The van der Waals surface area contributed by atoms with E-state index in [4.69, 9.17) is 4.42 Å². The fourth-order valence-corrected chi connectivity index (χ4v) is 1.14. The molecular formula is C10H8NO3+. The van der Waals surface area contributed by atoms with Crippen molar-refractivity contribution in [1.29, 1.82) is 0 Å². The van der Waals surface area contributed by atoms with E-state index in [-0.39, 0.29) is 5.76 Å². The summed E-state index contributed by atoms with van der Waals surface area (Å²) >= 11 is 0. The van der Waals surface area contributed by atoms with Gasteiger partial charge in [0.1, 0.15) is 11.3 Å². The summed E-state index contributed by atoms with van der Waals surface area (Å²) in [6, 6.07) is 3.29. The SMILES string of the molecule is COC(=O)c1ccc(C2=CC=[N+]=C2)o1. The highest BCUT2D eigenvalue weighted by molar-refractivity contribution is 6.16. The molecule has 1 aliphatic heterocycles. The summed E-state index contributed by atoms with van der Waals surface area (Å²) in [7, 11) is 1.31. The first-order valence-corrected chi connectivity index (χ1v) is 4.06. The van der Waals surface area contributed by atoms with Crippen LogP contribution in [0.3, 0.4) is 0 Å². The Labute approximate surface area is 80.2 Å². The standard InChI is InChI=1S/C10H8NO3/c1-13-10(12)9-3-2-8(14-9)7-4-5-11-6-7/h2-6H,1H3/q+1. The summed E-state index contributed by atoms with van der Waals surface area (Å²) in [6.07, 6.45) is 5.13. The van der Waals surface area contributed by atoms with Gasteiger partial charge in [0, 0.05) is 6.08 Å². The Morgan fingerprint density at radius 2 is 2.36 bits per heavy atom. The number of hydrogen-bond donors (Lipinski definition) is 0. The lowest BCUT2D eigenvalue weighted by molar-refractivity contribution is 0.0564. The first kappa shape index (κ1) is 8.53. The van der Waals surface area contributed by atoms with Crippen molar-refractivity contribution in [1.82, 2.24) is 4.67 Å². The molecule has 0 aromatic carbocycles. The molecule has 70 valence electrons. The van der Waals surface area contributed by atoms with Gasteiger partial charge < -0.3 is 9.15 Å². The van der Waals surface area contributed by atoms with Gasteiger partial charge >= 0.3 is 12.2 Å². The Hall–Kier alpha value is -2.06. The van der Waals surface area contributed by atoms with Gasteiger partial charge in [-0.25, -0.2) is 4.79 Å². The van der Waals surface area contributed by atoms with Crippen LogP contribution in [0.15, 0.2) is 22.6 Å². The molecule has 2 heterocycles. The van der Waals surface area contributed by atoms with Crippen LogP contribution in [0, 0.1) is 0 Å². The highest BCUT2D eigenvalue weighted by Gasteiger charge is 2.16. The Morgan fingerprint density at radius 3 is 3.00 bits per heavy atom. The minimum atomic E-state index is -0.476. The molecule has 1 aromatic heterocycles. The highest BCUT2D eigenvalue weighted by Crippen LogP contribution is 2.16. The Kier molecular flexibility index (Phi) is 2.05. The van der Waals surface area contributed by atoms with E-state index in [1.807, 2.05) is 0 Å². The molecule has 1 aliphatic rings. The smallest absolute Gasteiger partial charge is 0.373 e. The first-order valence-electron chi connectivity index (χ1n) is 4.06. The lowest BCUT2D eigenvalue weighted by Gasteiger charge is -1.92. The predicted octanol–water partition coefficient (Wildman–Crippen LogP) is 0.672. The summed E-state index contributed by atoms with van der Waals surface area (Å²) in [5.74, 6) is 0.336. The van der Waals surface area contributed by atoms with Crippen LogP contribution >= 0.6 is 0 Å². The molecular weight excluding hydrogens is 182 g/mol. The van der Waals surface area contributed by atoms with Crippen molar-refractivity contribution in [3.63, 3.8) is 0 Å². The van der Waals surface area contributed by atoms with Gasteiger partial charge in [0.25, 0.3) is 6.21 Å². The van der Waals surface area contributed by atoms with Crippen LogP contribution in [0.4, 0.5) is 0 Å². The predicted molar refractivity (Wildman–Crippen MR) is 52.3 cm³/mol. The molecule has 0 saturated heterocycles. The summed E-state index contributed by atoms with van der Waals surface area (Å²) in [6.45, 7) is 0. The zero-order valence-electron chi connectivity index (χ0n) is 7.56. The molecule has 14 heavy (non-hydrogen) atoms. The van der Waals surface area contributed by atoms with Crippen molar-refractivity contribution in [2.24, 2.45) is 0 Å². The summed E-state index contributed by atoms with van der Waals surface area (Å²) < 4.78 is 13.7. The molecule has 4 nitrogen and oxygen atoms in total. The average molecular weight is 190 g/mol. The maximum Gasteiger partial charge on any atom is 0.373 e. The number of carbonyl (C=O) groups is 1. The topological polar surface area (TPSA) is 53.5 Å². The fourth-order valence-electron chi connectivity index (χ4n) is 1.14. The number of ether oxygens (including phenoxy) is 1. The third kappa shape index (κ3) is 1.39. The van der Waals surface area contributed by atoms with Crippen LogP contribution in [0.25, 0.3) is 5.57 Å². The van der Waals surface area contributed by atoms with Gasteiger partial charge in [-0.3, -0.25) is 0 Å². The molecule has 0 radical (unpaired) electrons. The van der Waals surface area contributed by atoms with E-state index in [9.17, 15) is 4.79 Å². The number of esters is 1. The second-order valence-corrected chi connectivity index (χ2v) is 2.70. The molecule has 0 atom stereocenters. The largest absolute Gasteiger partial charge is 0.463 e. The number of rotatable bonds is 2. The van der Waals surface area contributed by atoms with E-state index in [0.717, 1.165) is 5.57 Å². The third-order valence-corrected chi connectivity index (χ3v) is 1.83. The van der Waals surface area contributed by atoms with Gasteiger partial charge in [-0.05, 0) is 12.1 Å². The molecule has 0 amide bonds. The molecule has 0 saturated carbocycles. The van der Waals surface area contributed by atoms with Crippen molar-refractivity contribution in [2.75, 3.05) is 7.11 Å². The number of furan rings is 1. The molecule has 0 N–H and O–H groups in total. The number of allylic oxidation sites excluding steroid dienone is 2. The van der Waals surface area contributed by atoms with Crippen LogP contribution in [0.5, 0.6) is 0 Å². The molecule has 0 spiro atoms. The van der Waals surface area contributed by atoms with E-state index in [1.54, 1.807) is 30.6 Å². The maximum absolute atomic E-state index is 11.1. The molecule has 0 fully saturated rings. The summed E-state index contributed by atoms with van der Waals surface area (Å²) in [4.78, 5) is 11.1. The van der Waals surface area contributed by atoms with Crippen LogP contribution in [-0.4, -0.2) is 25.5 Å². The second-order valence-electron chi connectivity index (χ2n) is 2.70. The normalized spacial score (nSPS) is 13.1. The zero-order chi connectivity index (χ0) is 9.97. The van der Waals surface area contributed by atoms with Gasteiger partial charge in [0.2, 0.25) is 5.76 Å². The van der Waals surface area contributed by atoms with Gasteiger partial charge in [-0.15, -0.1) is 4.67 Å². The second kappa shape index (κ2) is 3.36. The quantitative estimate of drug-likeness (QED) is 0.508. The summed E-state index contributed by atoms with van der Waals surface area (Å²) in [5, 5.41) is 0. The van der Waals surface area contributed by atoms with Crippen molar-refractivity contribution in [2.45, 2.75) is 0 Å². The highest BCUT2D eigenvalue weighted by atomic mass is 16.5. The minimum absolute atomic E-state index is 0.198. The third-order valence-electron chi connectivity index (χ3n) is 1.83. The van der Waals surface area contributed by atoms with Gasteiger partial charge in [0.05, 0.1) is 7.11 Å². The van der Waals surface area contributed by atoms with Crippen molar-refractivity contribution in [3.8, 4) is 0 Å². The lowest BCUT2D eigenvalue weighted by Crippen LogP contribution is -1.98. The first-order chi connectivity index (χ1) is 6.81. The Morgan fingerprint density at radius 1 is 1.50 bits per heavy atom. The number of carbonyl (C=O) groups excluding carboxylic acids is 1. The molecule has 0 bridgehead atoms. The molecule has 1 aromatic rings. The molecule has 0 unspecified atom stereocenters. The molecule has 2 rings (SSSR count). The minimum Gasteiger partial charge on any atom is -0.463 e. The van der Waals surface area contributed by atoms with Crippen LogP contribution in [-0.2, 0) is 4.74 Å². The van der Waals surface area contributed by atoms with Crippen LogP contribution in [0.1, 0.15) is 16.3 Å². The van der Waals surface area contributed by atoms with Crippen LogP contribution < -0.4 is 4.67 Å². The number of nitrogens with zero attached hydrogens (tertiary/aromatic N) is 1. The van der Waals surface area contributed by atoms with E-state index in [0.29, 0.717) is 5.76 Å². The Balaban J connectivity index is 2.26. The monoisotopic (exact) mass is 190 g/mol. The van der Waals surface area contributed by atoms with E-state index >= 15 is 0 Å². The zero-order valence-corrected chi connectivity index (χ0v) is 7.56. The Bertz CT molecular complexity index is 461. The summed E-state index contributed by atoms with van der Waals surface area (Å²) in [5.41, 5.74) is 0.847. The average Bonchev–Trinajstić information content (AvgIpc) is 2.86. The van der Waals surface area contributed by atoms with Gasteiger partial charge in [0.15, 0.2) is 0 Å². The van der Waals surface area contributed by atoms with Crippen molar-refractivity contribution >= 4 is 24.0 Å². The van der Waals surface area contributed by atoms with Crippen LogP contribution in [0.2, 0.25) is 0 Å².